The van der Waals surface area contributed by atoms with Crippen molar-refractivity contribution in [2.24, 2.45) is 0 Å². The van der Waals surface area contributed by atoms with Gasteiger partial charge in [0.2, 0.25) is 0 Å². The van der Waals surface area contributed by atoms with Crippen LogP contribution in [-0.4, -0.2) is 89.3 Å². The first-order valence-corrected chi connectivity index (χ1v) is 15.8. The van der Waals surface area contributed by atoms with Crippen molar-refractivity contribution in [1.82, 2.24) is 24.6 Å². The predicted molar refractivity (Wildman–Crippen MR) is 156 cm³/mol. The van der Waals surface area contributed by atoms with E-state index >= 15 is 0 Å². The Morgan fingerprint density at radius 2 is 1.63 bits per heavy atom. The second kappa shape index (κ2) is 12.6. The molecule has 0 atom stereocenters. The highest BCUT2D eigenvalue weighted by Gasteiger charge is 2.13. The van der Waals surface area contributed by atoms with E-state index in [2.05, 4.69) is 61.8 Å². The van der Waals surface area contributed by atoms with Crippen LogP contribution in [0.15, 0.2) is 67.3 Å². The molecule has 0 saturated carbocycles. The van der Waals surface area contributed by atoms with Crippen LogP contribution in [0.2, 0.25) is 0 Å². The summed E-state index contributed by atoms with van der Waals surface area (Å²) in [6.07, 6.45) is 8.96. The zero-order valence-corrected chi connectivity index (χ0v) is 23.8. The number of fused-ring (bicyclic) bond motifs is 2. The van der Waals surface area contributed by atoms with Crippen molar-refractivity contribution in [3.8, 4) is 11.3 Å². The molecule has 1 fully saturated rings. The molecule has 41 heavy (non-hydrogen) atoms. The van der Waals surface area contributed by atoms with Crippen molar-refractivity contribution in [3.05, 3.63) is 67.3 Å². The Labute approximate surface area is 236 Å². The van der Waals surface area contributed by atoms with E-state index < -0.39 is 20.2 Å². The Morgan fingerprint density at radius 3 is 2.29 bits per heavy atom. The van der Waals surface area contributed by atoms with Crippen LogP contribution < -0.4 is 10.2 Å². The Balaban J connectivity index is 0.000000336. The molecule has 0 radical (unpaired) electrons. The molecule has 16 heteroatoms. The van der Waals surface area contributed by atoms with Crippen molar-refractivity contribution >= 4 is 54.0 Å². The Hall–Kier alpha value is -4.09. The Bertz CT molecular complexity index is 1790. The monoisotopic (exact) mass is 603 g/mol. The minimum Gasteiger partial charge on any atom is -0.378 e. The summed E-state index contributed by atoms with van der Waals surface area (Å²) in [6.45, 7) is 3.40. The fourth-order valence-corrected chi connectivity index (χ4v) is 3.96. The number of hydrogen-bond acceptors (Lipinski definition) is 10. The molecule has 1 aliphatic heterocycles. The second-order valence-electron chi connectivity index (χ2n) is 9.04. The summed E-state index contributed by atoms with van der Waals surface area (Å²) in [5.41, 5.74) is 5.80. The number of hydrogen-bond donors (Lipinski definition) is 4. The van der Waals surface area contributed by atoms with E-state index in [4.69, 9.17) is 18.8 Å². The summed E-state index contributed by atoms with van der Waals surface area (Å²) >= 11 is 0. The van der Waals surface area contributed by atoms with E-state index in [1.807, 2.05) is 29.1 Å². The average Bonchev–Trinajstić information content (AvgIpc) is 3.57. The highest BCUT2D eigenvalue weighted by atomic mass is 32.2. The first-order valence-electron chi connectivity index (χ1n) is 12.2. The maximum Gasteiger partial charge on any atom is 0.261 e. The van der Waals surface area contributed by atoms with Gasteiger partial charge in [-0.1, -0.05) is 12.1 Å². The van der Waals surface area contributed by atoms with E-state index in [0.717, 1.165) is 59.8 Å². The smallest absolute Gasteiger partial charge is 0.261 e. The normalized spacial score (nSPS) is 13.7. The highest BCUT2D eigenvalue weighted by molar-refractivity contribution is 7.85. The zero-order valence-electron chi connectivity index (χ0n) is 22.2. The van der Waals surface area contributed by atoms with Crippen LogP contribution in [-0.2, 0) is 25.0 Å². The van der Waals surface area contributed by atoms with Crippen molar-refractivity contribution in [3.63, 3.8) is 0 Å². The van der Waals surface area contributed by atoms with Crippen LogP contribution in [0.4, 0.5) is 17.2 Å². The van der Waals surface area contributed by atoms with Crippen LogP contribution >= 0.6 is 0 Å². The van der Waals surface area contributed by atoms with Gasteiger partial charge < -0.3 is 19.4 Å². The maximum absolute atomic E-state index is 9.19. The molecule has 0 unspecified atom stereocenters. The molecule has 2 aromatic carbocycles. The summed E-state index contributed by atoms with van der Waals surface area (Å²) in [5, 5.41) is 11.7. The van der Waals surface area contributed by atoms with Gasteiger partial charge in [0.05, 0.1) is 43.1 Å². The number of morpholine rings is 1. The van der Waals surface area contributed by atoms with Gasteiger partial charge >= 0.3 is 0 Å². The number of benzene rings is 2. The number of anilines is 3. The molecule has 1 saturated heterocycles. The van der Waals surface area contributed by atoms with Gasteiger partial charge in [0, 0.05) is 54.0 Å². The molecule has 3 aromatic heterocycles. The van der Waals surface area contributed by atoms with Gasteiger partial charge in [0.25, 0.3) is 20.2 Å². The fraction of sp³-hybridized carbons (Fsp3) is 0.240. The third kappa shape index (κ3) is 9.22. The number of rotatable bonds is 4. The van der Waals surface area contributed by atoms with E-state index in [1.165, 1.54) is 5.69 Å². The van der Waals surface area contributed by atoms with Crippen molar-refractivity contribution < 1.29 is 30.7 Å². The lowest BCUT2D eigenvalue weighted by atomic mass is 10.1. The number of aromatic nitrogens is 5. The minimum absolute atomic E-state index is 0.714. The molecule has 1 aliphatic rings. The molecular formula is C25H29N7O7S2. The lowest BCUT2D eigenvalue weighted by Crippen LogP contribution is -2.36. The number of ether oxygens (including phenoxy) is 1. The van der Waals surface area contributed by atoms with Gasteiger partial charge in [-0.05, 0) is 30.3 Å². The second-order valence-corrected chi connectivity index (χ2v) is 12.0. The third-order valence-corrected chi connectivity index (χ3v) is 5.62. The van der Waals surface area contributed by atoms with E-state index in [-0.39, 0.29) is 0 Å². The summed E-state index contributed by atoms with van der Waals surface area (Å²) < 4.78 is 59.2. The van der Waals surface area contributed by atoms with Crippen LogP contribution in [0.1, 0.15) is 0 Å². The largest absolute Gasteiger partial charge is 0.378 e. The standard InChI is InChI=1S/C23H21N7O.2CH4O3S/c1-2-17-14-25-28-20(17)13-16(1)21-15-30-8-7-24-23(30)22(27-21)26-18-3-5-19(6-4-18)29-9-11-31-12-10-29;2*1-5(2,3)4/h1-8,13-15H,9-12H2,(H,25,28)(H,26,27);2*1H3,(H,2,3,4). The van der Waals surface area contributed by atoms with Crippen molar-refractivity contribution in [2.45, 2.75) is 0 Å². The lowest BCUT2D eigenvalue weighted by molar-refractivity contribution is 0.122. The molecule has 4 N–H and O–H groups in total. The van der Waals surface area contributed by atoms with Crippen LogP contribution in [0.3, 0.4) is 0 Å². The highest BCUT2D eigenvalue weighted by Crippen LogP contribution is 2.27. The Kier molecular flexibility index (Phi) is 9.19. The first-order chi connectivity index (χ1) is 19.3. The van der Waals surface area contributed by atoms with Crippen molar-refractivity contribution in [1.29, 1.82) is 0 Å². The van der Waals surface area contributed by atoms with Gasteiger partial charge in [-0.15, -0.1) is 0 Å². The maximum atomic E-state index is 9.19. The summed E-state index contributed by atoms with van der Waals surface area (Å²) in [4.78, 5) is 11.7. The van der Waals surface area contributed by atoms with Crippen LogP contribution in [0, 0.1) is 0 Å². The van der Waals surface area contributed by atoms with Crippen molar-refractivity contribution in [2.75, 3.05) is 49.0 Å². The molecule has 0 aliphatic carbocycles. The summed E-state index contributed by atoms with van der Waals surface area (Å²) in [7, 11) is -7.33. The number of imidazole rings is 1. The SMILES string of the molecule is CS(=O)(=O)O.CS(=O)(=O)O.c1cn2cc(-c3ccc4cn[nH]c4c3)nc(Nc3ccc(N4CCOCC4)cc3)c2n1. The average molecular weight is 604 g/mol. The minimum atomic E-state index is -3.67. The van der Waals surface area contributed by atoms with Crippen LogP contribution in [0.5, 0.6) is 0 Å². The van der Waals surface area contributed by atoms with E-state index in [1.54, 1.807) is 6.20 Å². The molecule has 6 rings (SSSR count). The molecule has 4 heterocycles. The number of H-pyrrole nitrogens is 1. The molecular weight excluding hydrogens is 574 g/mol. The molecule has 14 nitrogen and oxygen atoms in total. The molecule has 0 spiro atoms. The number of nitrogens with one attached hydrogen (secondary N) is 2. The third-order valence-electron chi connectivity index (χ3n) is 5.62. The first kappa shape index (κ1) is 29.9. The predicted octanol–water partition coefficient (Wildman–Crippen LogP) is 2.86. The Morgan fingerprint density at radius 1 is 0.976 bits per heavy atom. The topological polar surface area (TPSA) is 192 Å². The lowest BCUT2D eigenvalue weighted by Gasteiger charge is -2.28. The fourth-order valence-electron chi connectivity index (χ4n) is 3.96. The van der Waals surface area contributed by atoms with Gasteiger partial charge in [-0.2, -0.15) is 21.9 Å². The van der Waals surface area contributed by atoms with Gasteiger partial charge in [-0.25, -0.2) is 9.97 Å². The van der Waals surface area contributed by atoms with Gasteiger partial charge in [0.1, 0.15) is 0 Å². The summed E-state index contributed by atoms with van der Waals surface area (Å²) in [6, 6.07) is 14.6. The molecule has 0 amide bonds. The summed E-state index contributed by atoms with van der Waals surface area (Å²) in [5.74, 6) is 0.714. The van der Waals surface area contributed by atoms with E-state index in [9.17, 15) is 16.8 Å². The quantitative estimate of drug-likeness (QED) is 0.220. The molecule has 0 bridgehead atoms. The van der Waals surface area contributed by atoms with Crippen LogP contribution in [0.25, 0.3) is 27.8 Å². The van der Waals surface area contributed by atoms with E-state index in [0.29, 0.717) is 18.3 Å². The zero-order chi connectivity index (χ0) is 29.6. The van der Waals surface area contributed by atoms with Gasteiger partial charge in [0.15, 0.2) is 11.5 Å². The number of nitrogens with zero attached hydrogens (tertiary/aromatic N) is 5. The van der Waals surface area contributed by atoms with Gasteiger partial charge in [-0.3, -0.25) is 14.2 Å². The molecule has 218 valence electrons. The molecule has 5 aromatic rings. The number of aromatic amines is 1.